The van der Waals surface area contributed by atoms with Crippen molar-refractivity contribution >= 4 is 11.6 Å². The normalized spacial score (nSPS) is 12.5. The van der Waals surface area contributed by atoms with Gasteiger partial charge in [-0.2, -0.15) is 0 Å². The minimum Gasteiger partial charge on any atom is -0.207 e. The highest BCUT2D eigenvalue weighted by Crippen LogP contribution is 2.35. The van der Waals surface area contributed by atoms with Gasteiger partial charge in [-0.15, -0.1) is 11.6 Å². The smallest absolute Gasteiger partial charge is 0.128 e. The van der Waals surface area contributed by atoms with Crippen LogP contribution in [0.1, 0.15) is 33.2 Å². The van der Waals surface area contributed by atoms with Crippen molar-refractivity contribution in [2.45, 2.75) is 26.1 Å². The fourth-order valence-electron chi connectivity index (χ4n) is 2.46. The molecule has 1 unspecified atom stereocenters. The molecule has 0 spiro atoms. The molecule has 0 saturated carbocycles. The Labute approximate surface area is 117 Å². The van der Waals surface area contributed by atoms with Crippen molar-refractivity contribution in [3.8, 4) is 0 Å². The first-order chi connectivity index (χ1) is 8.90. The molecule has 0 N–H and O–H groups in total. The van der Waals surface area contributed by atoms with Crippen LogP contribution in [0.4, 0.5) is 8.78 Å². The molecule has 0 saturated heterocycles. The molecular weight excluding hydrogens is 266 g/mol. The van der Waals surface area contributed by atoms with Gasteiger partial charge in [-0.25, -0.2) is 8.78 Å². The Morgan fingerprint density at radius 3 is 2.11 bits per heavy atom. The zero-order valence-electron chi connectivity index (χ0n) is 11.1. The fraction of sp³-hybridized carbons (Fsp3) is 0.250. The molecule has 0 nitrogen and oxygen atoms in total. The quantitative estimate of drug-likeness (QED) is 0.662. The predicted octanol–water partition coefficient (Wildman–Crippen LogP) is 5.22. The van der Waals surface area contributed by atoms with Crippen LogP contribution < -0.4 is 0 Å². The molecule has 0 aromatic heterocycles. The van der Waals surface area contributed by atoms with Crippen molar-refractivity contribution in [1.82, 2.24) is 0 Å². The van der Waals surface area contributed by atoms with Gasteiger partial charge in [0.25, 0.3) is 0 Å². The van der Waals surface area contributed by atoms with Gasteiger partial charge in [0.2, 0.25) is 0 Å². The van der Waals surface area contributed by atoms with Crippen LogP contribution in [0.15, 0.2) is 30.3 Å². The number of hydrogen-bond donors (Lipinski definition) is 0. The second-order valence-electron chi connectivity index (χ2n) is 4.84. The van der Waals surface area contributed by atoms with E-state index in [-0.39, 0.29) is 5.56 Å². The number of alkyl halides is 1. The molecule has 100 valence electrons. The lowest BCUT2D eigenvalue weighted by Gasteiger charge is -2.17. The lowest BCUT2D eigenvalue weighted by Crippen LogP contribution is -2.03. The van der Waals surface area contributed by atoms with E-state index in [0.717, 1.165) is 40.5 Å². The molecule has 2 rings (SSSR count). The highest BCUT2D eigenvalue weighted by molar-refractivity contribution is 6.22. The number of hydrogen-bond acceptors (Lipinski definition) is 0. The van der Waals surface area contributed by atoms with E-state index in [1.54, 1.807) is 0 Å². The lowest BCUT2D eigenvalue weighted by molar-refractivity contribution is 0.587. The summed E-state index contributed by atoms with van der Waals surface area (Å²) in [6, 6.07) is 7.35. The summed E-state index contributed by atoms with van der Waals surface area (Å²) < 4.78 is 27.1. The Morgan fingerprint density at radius 2 is 1.53 bits per heavy atom. The summed E-state index contributed by atoms with van der Waals surface area (Å²) in [5.41, 5.74) is 4.12. The maximum absolute atomic E-state index is 13.8. The first-order valence-electron chi connectivity index (χ1n) is 6.07. The largest absolute Gasteiger partial charge is 0.207 e. The highest BCUT2D eigenvalue weighted by Gasteiger charge is 2.20. The number of halogens is 3. The van der Waals surface area contributed by atoms with Crippen LogP contribution in [0.5, 0.6) is 0 Å². The van der Waals surface area contributed by atoms with Gasteiger partial charge in [0.1, 0.15) is 11.6 Å². The van der Waals surface area contributed by atoms with E-state index in [1.165, 1.54) is 0 Å². The van der Waals surface area contributed by atoms with Crippen molar-refractivity contribution < 1.29 is 8.78 Å². The minimum absolute atomic E-state index is 0.178. The topological polar surface area (TPSA) is 0 Å². The van der Waals surface area contributed by atoms with Gasteiger partial charge in [-0.1, -0.05) is 17.7 Å². The second kappa shape index (κ2) is 5.30. The van der Waals surface area contributed by atoms with Crippen LogP contribution in [-0.2, 0) is 0 Å². The van der Waals surface area contributed by atoms with Gasteiger partial charge in [0, 0.05) is 5.56 Å². The maximum atomic E-state index is 13.8. The number of rotatable bonds is 2. The zero-order valence-corrected chi connectivity index (χ0v) is 11.9. The van der Waals surface area contributed by atoms with E-state index in [9.17, 15) is 8.78 Å². The van der Waals surface area contributed by atoms with E-state index < -0.39 is 17.0 Å². The van der Waals surface area contributed by atoms with Crippen molar-refractivity contribution in [3.63, 3.8) is 0 Å². The van der Waals surface area contributed by atoms with E-state index >= 15 is 0 Å². The van der Waals surface area contributed by atoms with Crippen LogP contribution in [0.2, 0.25) is 0 Å². The summed E-state index contributed by atoms with van der Waals surface area (Å²) in [5, 5.41) is -0.684. The lowest BCUT2D eigenvalue weighted by atomic mass is 9.93. The third-order valence-corrected chi connectivity index (χ3v) is 3.68. The van der Waals surface area contributed by atoms with E-state index in [4.69, 9.17) is 11.6 Å². The molecule has 2 aromatic carbocycles. The fourth-order valence-corrected chi connectivity index (χ4v) is 2.97. The Bertz CT molecular complexity index is 597. The van der Waals surface area contributed by atoms with Gasteiger partial charge >= 0.3 is 0 Å². The average molecular weight is 281 g/mol. The Balaban J connectivity index is 2.56. The molecule has 0 fully saturated rings. The third kappa shape index (κ3) is 2.79. The molecule has 19 heavy (non-hydrogen) atoms. The molecule has 0 aliphatic rings. The Morgan fingerprint density at radius 1 is 0.947 bits per heavy atom. The van der Waals surface area contributed by atoms with Crippen LogP contribution in [-0.4, -0.2) is 0 Å². The summed E-state index contributed by atoms with van der Waals surface area (Å²) in [7, 11) is 0. The van der Waals surface area contributed by atoms with Crippen molar-refractivity contribution in [1.29, 1.82) is 0 Å². The monoisotopic (exact) mass is 280 g/mol. The zero-order chi connectivity index (χ0) is 14.2. The van der Waals surface area contributed by atoms with Crippen LogP contribution >= 0.6 is 11.6 Å². The van der Waals surface area contributed by atoms with Crippen LogP contribution in [0, 0.1) is 32.4 Å². The van der Waals surface area contributed by atoms with Gasteiger partial charge in [0.05, 0.1) is 5.38 Å². The molecule has 0 bridgehead atoms. The van der Waals surface area contributed by atoms with Gasteiger partial charge in [0.15, 0.2) is 0 Å². The minimum atomic E-state index is -0.684. The van der Waals surface area contributed by atoms with Crippen molar-refractivity contribution in [3.05, 3.63) is 69.8 Å². The van der Waals surface area contributed by atoms with Crippen LogP contribution in [0.25, 0.3) is 0 Å². The molecule has 0 radical (unpaired) electrons. The summed E-state index contributed by atoms with van der Waals surface area (Å²) in [4.78, 5) is 0. The first kappa shape index (κ1) is 14.0. The summed E-state index contributed by atoms with van der Waals surface area (Å²) in [6.07, 6.45) is 0. The molecule has 2 aromatic rings. The van der Waals surface area contributed by atoms with E-state index in [0.29, 0.717) is 0 Å². The number of benzene rings is 2. The third-order valence-electron chi connectivity index (χ3n) is 3.22. The van der Waals surface area contributed by atoms with Gasteiger partial charge in [-0.05, 0) is 55.7 Å². The van der Waals surface area contributed by atoms with Crippen molar-refractivity contribution in [2.75, 3.05) is 0 Å². The van der Waals surface area contributed by atoms with Crippen molar-refractivity contribution in [2.24, 2.45) is 0 Å². The second-order valence-corrected chi connectivity index (χ2v) is 5.28. The van der Waals surface area contributed by atoms with Gasteiger partial charge < -0.3 is 0 Å². The Hall–Kier alpha value is -1.41. The molecule has 0 amide bonds. The van der Waals surface area contributed by atoms with E-state index in [2.05, 4.69) is 0 Å². The maximum Gasteiger partial charge on any atom is 0.128 e. The summed E-state index contributed by atoms with van der Waals surface area (Å²) in [5.74, 6) is -0.967. The molecular formula is C16H15ClF2. The Kier molecular flexibility index (Phi) is 3.91. The summed E-state index contributed by atoms with van der Waals surface area (Å²) >= 11 is 6.37. The number of aryl methyl sites for hydroxylation is 3. The molecule has 0 aliphatic carbocycles. The molecule has 0 heterocycles. The molecule has 3 heteroatoms. The van der Waals surface area contributed by atoms with E-state index in [1.807, 2.05) is 32.9 Å². The molecule has 1 atom stereocenters. The van der Waals surface area contributed by atoms with Crippen LogP contribution in [0.3, 0.4) is 0 Å². The average Bonchev–Trinajstić information content (AvgIpc) is 2.30. The summed E-state index contributed by atoms with van der Waals surface area (Å²) in [6.45, 7) is 5.86. The first-order valence-corrected chi connectivity index (χ1v) is 6.50. The highest BCUT2D eigenvalue weighted by atomic mass is 35.5. The standard InChI is InChI=1S/C16H15ClF2/c1-9-6-10(2)15(11(3)7-9)16(17)13-8-12(18)4-5-14(13)19/h4-8,16H,1-3H3. The van der Waals surface area contributed by atoms with Gasteiger partial charge in [-0.3, -0.25) is 0 Å². The SMILES string of the molecule is Cc1cc(C)c(C(Cl)c2cc(F)ccc2F)c(C)c1. The predicted molar refractivity (Wildman–Crippen MR) is 74.7 cm³/mol. The molecule has 0 aliphatic heterocycles.